The molecule has 0 saturated heterocycles. The molecule has 1 atom stereocenters. The fourth-order valence-electron chi connectivity index (χ4n) is 2.78. The van der Waals surface area contributed by atoms with E-state index < -0.39 is 0 Å². The molecule has 1 unspecified atom stereocenters. The number of anilines is 1. The number of fused-ring (bicyclic) bond motifs is 1. The molecule has 2 aromatic carbocycles. The molecule has 0 aromatic heterocycles. The van der Waals surface area contributed by atoms with E-state index in [0.29, 0.717) is 5.11 Å². The lowest BCUT2D eigenvalue weighted by molar-refractivity contribution is 0.0697. The minimum absolute atomic E-state index is 0.142. The Labute approximate surface area is 136 Å². The second-order valence-corrected chi connectivity index (χ2v) is 6.53. The Balaban J connectivity index is 1.75. The zero-order valence-corrected chi connectivity index (χ0v) is 13.6. The van der Waals surface area contributed by atoms with Gasteiger partial charge in [-0.05, 0) is 44.3 Å². The van der Waals surface area contributed by atoms with Gasteiger partial charge < -0.3 is 15.4 Å². The number of hydrogen-bond donors (Lipinski definition) is 2. The molecule has 3 nitrogen and oxygen atoms in total. The number of hydrogen-bond acceptors (Lipinski definition) is 2. The third kappa shape index (κ3) is 3.39. The maximum atomic E-state index is 6.05. The summed E-state index contributed by atoms with van der Waals surface area (Å²) in [6, 6.07) is 18.2. The highest BCUT2D eigenvalue weighted by molar-refractivity contribution is 7.80. The Kier molecular flexibility index (Phi) is 4.03. The molecule has 0 fully saturated rings. The highest BCUT2D eigenvalue weighted by Gasteiger charge is 2.33. The van der Waals surface area contributed by atoms with Crippen molar-refractivity contribution in [1.82, 2.24) is 5.32 Å². The first-order valence-corrected chi connectivity index (χ1v) is 7.85. The van der Waals surface area contributed by atoms with Crippen LogP contribution in [0.2, 0.25) is 0 Å². The number of benzene rings is 2. The normalized spacial score (nSPS) is 18.7. The summed E-state index contributed by atoms with van der Waals surface area (Å²) in [6.45, 7) is 4.20. The second-order valence-electron chi connectivity index (χ2n) is 6.12. The molecule has 0 amide bonds. The minimum atomic E-state index is -0.214. The van der Waals surface area contributed by atoms with Crippen LogP contribution in [0.5, 0.6) is 5.75 Å². The van der Waals surface area contributed by atoms with Gasteiger partial charge in [-0.2, -0.15) is 0 Å². The van der Waals surface area contributed by atoms with Crippen LogP contribution >= 0.6 is 12.2 Å². The Morgan fingerprint density at radius 2 is 1.77 bits per heavy atom. The molecule has 1 heterocycles. The van der Waals surface area contributed by atoms with Crippen LogP contribution < -0.4 is 15.4 Å². The first kappa shape index (κ1) is 14.9. The van der Waals surface area contributed by atoms with E-state index in [1.165, 1.54) is 0 Å². The highest BCUT2D eigenvalue weighted by atomic mass is 32.1. The van der Waals surface area contributed by atoms with Crippen LogP contribution in [0.15, 0.2) is 54.6 Å². The van der Waals surface area contributed by atoms with Crippen LogP contribution in [0, 0.1) is 0 Å². The van der Waals surface area contributed by atoms with Crippen molar-refractivity contribution in [2.45, 2.75) is 31.9 Å². The molecule has 4 heteroatoms. The topological polar surface area (TPSA) is 33.3 Å². The zero-order valence-electron chi connectivity index (χ0n) is 12.8. The van der Waals surface area contributed by atoms with Gasteiger partial charge in [-0.15, -0.1) is 0 Å². The third-order valence-electron chi connectivity index (χ3n) is 3.71. The highest BCUT2D eigenvalue weighted by Crippen LogP contribution is 2.39. The zero-order chi connectivity index (χ0) is 15.6. The largest absolute Gasteiger partial charge is 0.487 e. The van der Waals surface area contributed by atoms with Crippen molar-refractivity contribution in [2.75, 3.05) is 5.32 Å². The summed E-state index contributed by atoms with van der Waals surface area (Å²) in [6.07, 6.45) is 0.862. The summed E-state index contributed by atoms with van der Waals surface area (Å²) >= 11 is 5.46. The number of para-hydroxylation sites is 2. The van der Waals surface area contributed by atoms with Gasteiger partial charge in [0.05, 0.1) is 6.04 Å². The Hall–Kier alpha value is -2.07. The van der Waals surface area contributed by atoms with Gasteiger partial charge >= 0.3 is 0 Å². The molecule has 0 spiro atoms. The number of thiocarbonyl (C=S) groups is 1. The van der Waals surface area contributed by atoms with E-state index in [0.717, 1.165) is 23.4 Å². The third-order valence-corrected chi connectivity index (χ3v) is 3.93. The Morgan fingerprint density at radius 1 is 1.09 bits per heavy atom. The van der Waals surface area contributed by atoms with Gasteiger partial charge in [-0.3, -0.25) is 0 Å². The van der Waals surface area contributed by atoms with E-state index in [1.54, 1.807) is 0 Å². The molecule has 0 radical (unpaired) electrons. The van der Waals surface area contributed by atoms with Gasteiger partial charge in [-0.25, -0.2) is 0 Å². The van der Waals surface area contributed by atoms with Crippen LogP contribution in [0.25, 0.3) is 0 Å². The van der Waals surface area contributed by atoms with Crippen molar-refractivity contribution in [2.24, 2.45) is 0 Å². The lowest BCUT2D eigenvalue weighted by atomic mass is 9.90. The number of rotatable bonds is 2. The van der Waals surface area contributed by atoms with Gasteiger partial charge in [-0.1, -0.05) is 36.4 Å². The molecule has 2 N–H and O–H groups in total. The Bertz CT molecular complexity index is 670. The average Bonchev–Trinajstić information content (AvgIpc) is 2.47. The first-order chi connectivity index (χ1) is 10.5. The molecule has 1 aliphatic rings. The molecule has 114 valence electrons. The SMILES string of the molecule is CC1(C)CC(NC(=S)Nc2ccccc2)c2ccccc2O1. The molecule has 3 rings (SSSR count). The predicted molar refractivity (Wildman–Crippen MR) is 94.3 cm³/mol. The maximum Gasteiger partial charge on any atom is 0.171 e. The summed E-state index contributed by atoms with van der Waals surface area (Å²) < 4.78 is 6.05. The van der Waals surface area contributed by atoms with E-state index in [4.69, 9.17) is 17.0 Å². The fourth-order valence-corrected chi connectivity index (χ4v) is 3.04. The average molecular weight is 312 g/mol. The molecule has 0 saturated carbocycles. The Morgan fingerprint density at radius 3 is 2.55 bits per heavy atom. The molecule has 1 aliphatic heterocycles. The van der Waals surface area contributed by atoms with E-state index in [1.807, 2.05) is 48.5 Å². The van der Waals surface area contributed by atoms with Gasteiger partial charge in [0, 0.05) is 17.7 Å². The lowest BCUT2D eigenvalue weighted by Crippen LogP contribution is -2.42. The smallest absolute Gasteiger partial charge is 0.171 e. The summed E-state index contributed by atoms with van der Waals surface area (Å²) in [5, 5.41) is 7.27. The molecular weight excluding hydrogens is 292 g/mol. The van der Waals surface area contributed by atoms with Crippen molar-refractivity contribution in [3.8, 4) is 5.75 Å². The van der Waals surface area contributed by atoms with Crippen molar-refractivity contribution in [1.29, 1.82) is 0 Å². The van der Waals surface area contributed by atoms with Crippen LogP contribution in [0.4, 0.5) is 5.69 Å². The van der Waals surface area contributed by atoms with Gasteiger partial charge in [0.1, 0.15) is 11.4 Å². The van der Waals surface area contributed by atoms with Crippen molar-refractivity contribution >= 4 is 23.0 Å². The number of ether oxygens (including phenoxy) is 1. The monoisotopic (exact) mass is 312 g/mol. The van der Waals surface area contributed by atoms with Gasteiger partial charge in [0.25, 0.3) is 0 Å². The van der Waals surface area contributed by atoms with E-state index in [9.17, 15) is 0 Å². The van der Waals surface area contributed by atoms with Crippen LogP contribution in [-0.4, -0.2) is 10.7 Å². The van der Waals surface area contributed by atoms with Crippen molar-refractivity contribution < 1.29 is 4.74 Å². The van der Waals surface area contributed by atoms with Crippen molar-refractivity contribution in [3.05, 3.63) is 60.2 Å². The summed E-state index contributed by atoms with van der Waals surface area (Å²) in [5.74, 6) is 0.929. The molecule has 0 aliphatic carbocycles. The van der Waals surface area contributed by atoms with E-state index in [-0.39, 0.29) is 11.6 Å². The van der Waals surface area contributed by atoms with Crippen LogP contribution in [0.3, 0.4) is 0 Å². The molecule has 22 heavy (non-hydrogen) atoms. The summed E-state index contributed by atoms with van der Waals surface area (Å²) in [7, 11) is 0. The van der Waals surface area contributed by atoms with Crippen LogP contribution in [0.1, 0.15) is 31.9 Å². The summed E-state index contributed by atoms with van der Waals surface area (Å²) in [5.41, 5.74) is 1.92. The van der Waals surface area contributed by atoms with E-state index in [2.05, 4.69) is 30.5 Å². The van der Waals surface area contributed by atoms with Crippen molar-refractivity contribution in [3.63, 3.8) is 0 Å². The predicted octanol–water partition coefficient (Wildman–Crippen LogP) is 4.28. The standard InChI is InChI=1S/C18H20N2OS/c1-18(2)12-15(14-10-6-7-11-16(14)21-18)20-17(22)19-13-8-4-3-5-9-13/h3-11,15H,12H2,1-2H3,(H2,19,20,22). The lowest BCUT2D eigenvalue weighted by Gasteiger charge is -2.38. The van der Waals surface area contributed by atoms with Gasteiger partial charge in [0.15, 0.2) is 5.11 Å². The maximum absolute atomic E-state index is 6.05. The molecular formula is C18H20N2OS. The van der Waals surface area contributed by atoms with Gasteiger partial charge in [0.2, 0.25) is 0 Å². The fraction of sp³-hybridized carbons (Fsp3) is 0.278. The minimum Gasteiger partial charge on any atom is -0.487 e. The second kappa shape index (κ2) is 5.97. The van der Waals surface area contributed by atoms with Crippen LogP contribution in [-0.2, 0) is 0 Å². The van der Waals surface area contributed by atoms with E-state index >= 15 is 0 Å². The molecule has 0 bridgehead atoms. The quantitative estimate of drug-likeness (QED) is 0.811. The molecule has 2 aromatic rings. The summed E-state index contributed by atoms with van der Waals surface area (Å²) in [4.78, 5) is 0. The first-order valence-electron chi connectivity index (χ1n) is 7.44. The number of nitrogens with one attached hydrogen (secondary N) is 2.